The fraction of sp³-hybridized carbons (Fsp3) is 0.500. The Labute approximate surface area is 121 Å². The molecule has 1 aliphatic rings. The molecule has 0 aliphatic heterocycles. The van der Waals surface area contributed by atoms with Crippen molar-refractivity contribution in [3.05, 3.63) is 39.7 Å². The number of hydrogen-bond donors (Lipinski definition) is 2. The van der Waals surface area contributed by atoms with Gasteiger partial charge in [0.25, 0.3) is 11.6 Å². The van der Waals surface area contributed by atoms with Crippen molar-refractivity contribution in [2.75, 3.05) is 13.2 Å². The maximum atomic E-state index is 13.0. The average molecular weight is 296 g/mol. The van der Waals surface area contributed by atoms with Gasteiger partial charge in [0.2, 0.25) is 0 Å². The molecule has 21 heavy (non-hydrogen) atoms. The predicted molar refractivity (Wildman–Crippen MR) is 73.3 cm³/mol. The van der Waals surface area contributed by atoms with Gasteiger partial charge in [0.05, 0.1) is 11.0 Å². The number of aliphatic hydroxyl groups is 1. The molecule has 0 bridgehead atoms. The van der Waals surface area contributed by atoms with Crippen LogP contribution < -0.4 is 5.32 Å². The van der Waals surface area contributed by atoms with Crippen molar-refractivity contribution in [3.8, 4) is 0 Å². The van der Waals surface area contributed by atoms with Crippen LogP contribution in [-0.4, -0.2) is 29.1 Å². The van der Waals surface area contributed by atoms with Gasteiger partial charge in [-0.05, 0) is 36.8 Å². The lowest BCUT2D eigenvalue weighted by atomic mass is 9.97. The number of nitro groups is 1. The molecule has 0 saturated heterocycles. The molecule has 1 aromatic carbocycles. The Morgan fingerprint density at radius 2 is 2.14 bits per heavy atom. The molecule has 0 heterocycles. The second kappa shape index (κ2) is 6.62. The van der Waals surface area contributed by atoms with Crippen molar-refractivity contribution in [1.29, 1.82) is 0 Å². The van der Waals surface area contributed by atoms with E-state index in [1.165, 1.54) is 0 Å². The van der Waals surface area contributed by atoms with Gasteiger partial charge in [-0.3, -0.25) is 14.9 Å². The van der Waals surface area contributed by atoms with E-state index < -0.39 is 22.3 Å². The summed E-state index contributed by atoms with van der Waals surface area (Å²) in [5.74, 6) is -1.01. The van der Waals surface area contributed by atoms with Gasteiger partial charge in [0.1, 0.15) is 11.4 Å². The first-order chi connectivity index (χ1) is 10.0. The highest BCUT2D eigenvalue weighted by atomic mass is 19.1. The van der Waals surface area contributed by atoms with E-state index in [9.17, 15) is 24.4 Å². The highest BCUT2D eigenvalue weighted by molar-refractivity contribution is 5.98. The van der Waals surface area contributed by atoms with Crippen LogP contribution in [0.2, 0.25) is 0 Å². The summed E-state index contributed by atoms with van der Waals surface area (Å²) < 4.78 is 13.0. The average Bonchev–Trinajstić information content (AvgIpc) is 2.92. The summed E-state index contributed by atoms with van der Waals surface area (Å²) in [5.41, 5.74) is -0.697. The van der Waals surface area contributed by atoms with Gasteiger partial charge < -0.3 is 10.4 Å². The van der Waals surface area contributed by atoms with Crippen LogP contribution in [0.5, 0.6) is 0 Å². The van der Waals surface area contributed by atoms with E-state index in [0.717, 1.165) is 37.5 Å². The minimum Gasteiger partial charge on any atom is -0.396 e. The third kappa shape index (κ3) is 3.55. The van der Waals surface area contributed by atoms with E-state index in [1.54, 1.807) is 0 Å². The Morgan fingerprint density at radius 3 is 2.81 bits per heavy atom. The van der Waals surface area contributed by atoms with Gasteiger partial charge in [-0.25, -0.2) is 4.39 Å². The van der Waals surface area contributed by atoms with E-state index in [4.69, 9.17) is 0 Å². The highest BCUT2D eigenvalue weighted by Gasteiger charge is 2.28. The lowest BCUT2D eigenvalue weighted by molar-refractivity contribution is -0.385. The largest absolute Gasteiger partial charge is 0.396 e. The summed E-state index contributed by atoms with van der Waals surface area (Å²) in [7, 11) is 0. The maximum absolute atomic E-state index is 13.0. The number of nitrogens with one attached hydrogen (secondary N) is 1. The summed E-state index contributed by atoms with van der Waals surface area (Å²) >= 11 is 0. The molecule has 0 spiro atoms. The monoisotopic (exact) mass is 296 g/mol. The molecular weight excluding hydrogens is 279 g/mol. The standard InChI is InChI=1S/C14H17FN2O4/c15-11-4-5-12(13(6-11)17(20)21)14(19)16-7-9-2-1-3-10(9)8-18/h4-6,9-10,18H,1-3,7-8H2,(H,16,19). The number of halogens is 1. The lowest BCUT2D eigenvalue weighted by Crippen LogP contribution is -2.32. The number of rotatable bonds is 5. The van der Waals surface area contributed by atoms with E-state index >= 15 is 0 Å². The third-order valence-corrected chi connectivity index (χ3v) is 3.98. The van der Waals surface area contributed by atoms with Crippen LogP contribution >= 0.6 is 0 Å². The molecule has 7 heteroatoms. The van der Waals surface area contributed by atoms with Crippen LogP contribution in [0.15, 0.2) is 18.2 Å². The molecule has 1 aliphatic carbocycles. The van der Waals surface area contributed by atoms with Gasteiger partial charge in [0.15, 0.2) is 0 Å². The quantitative estimate of drug-likeness (QED) is 0.641. The number of benzene rings is 1. The number of carbonyl (C=O) groups is 1. The Hall–Kier alpha value is -2.02. The number of carbonyl (C=O) groups excluding carboxylic acids is 1. The van der Waals surface area contributed by atoms with Crippen LogP contribution in [0.25, 0.3) is 0 Å². The highest BCUT2D eigenvalue weighted by Crippen LogP contribution is 2.30. The van der Waals surface area contributed by atoms with Crippen molar-refractivity contribution in [3.63, 3.8) is 0 Å². The number of nitrogens with zero attached hydrogens (tertiary/aromatic N) is 1. The fourth-order valence-electron chi connectivity index (χ4n) is 2.79. The van der Waals surface area contributed by atoms with Crippen molar-refractivity contribution in [1.82, 2.24) is 5.32 Å². The second-order valence-corrected chi connectivity index (χ2v) is 5.26. The zero-order chi connectivity index (χ0) is 15.4. The van der Waals surface area contributed by atoms with Crippen molar-refractivity contribution in [2.24, 2.45) is 11.8 Å². The molecule has 1 aromatic rings. The molecule has 2 rings (SSSR count). The molecule has 6 nitrogen and oxygen atoms in total. The molecule has 1 amide bonds. The molecule has 1 fully saturated rings. The summed E-state index contributed by atoms with van der Waals surface area (Å²) in [6.45, 7) is 0.440. The number of aliphatic hydroxyl groups excluding tert-OH is 1. The number of hydrogen-bond acceptors (Lipinski definition) is 4. The molecular formula is C14H17FN2O4. The molecule has 2 unspecified atom stereocenters. The van der Waals surface area contributed by atoms with Crippen molar-refractivity contribution < 1.29 is 19.2 Å². The molecule has 2 atom stereocenters. The predicted octanol–water partition coefficient (Wildman–Crippen LogP) is 1.87. The van der Waals surface area contributed by atoms with E-state index in [0.29, 0.717) is 6.54 Å². The van der Waals surface area contributed by atoms with Crippen molar-refractivity contribution in [2.45, 2.75) is 19.3 Å². The van der Waals surface area contributed by atoms with E-state index in [-0.39, 0.29) is 24.0 Å². The van der Waals surface area contributed by atoms with E-state index in [2.05, 4.69) is 5.32 Å². The topological polar surface area (TPSA) is 92.5 Å². The molecule has 0 radical (unpaired) electrons. The van der Waals surface area contributed by atoms with Crippen LogP contribution in [0.1, 0.15) is 29.6 Å². The number of nitro benzene ring substituents is 1. The number of amides is 1. The Balaban J connectivity index is 2.05. The van der Waals surface area contributed by atoms with Gasteiger partial charge in [-0.1, -0.05) is 6.42 Å². The summed E-state index contributed by atoms with van der Waals surface area (Å²) in [4.78, 5) is 22.1. The Bertz CT molecular complexity index is 550. The SMILES string of the molecule is O=C(NCC1CCCC1CO)c1ccc(F)cc1[N+](=O)[O-]. The maximum Gasteiger partial charge on any atom is 0.285 e. The van der Waals surface area contributed by atoms with Crippen LogP contribution in [0.3, 0.4) is 0 Å². The van der Waals surface area contributed by atoms with E-state index in [1.807, 2.05) is 0 Å². The zero-order valence-corrected chi connectivity index (χ0v) is 11.4. The van der Waals surface area contributed by atoms with Gasteiger partial charge in [-0.2, -0.15) is 0 Å². The Kier molecular flexibility index (Phi) is 4.85. The van der Waals surface area contributed by atoms with Gasteiger partial charge >= 0.3 is 0 Å². The Morgan fingerprint density at radius 1 is 1.43 bits per heavy atom. The molecule has 2 N–H and O–H groups in total. The minimum atomic E-state index is -0.774. The normalized spacial score (nSPS) is 21.2. The van der Waals surface area contributed by atoms with Crippen molar-refractivity contribution >= 4 is 11.6 Å². The summed E-state index contributed by atoms with van der Waals surface area (Å²) in [5, 5.41) is 22.7. The van der Waals surface area contributed by atoms with Gasteiger partial charge in [-0.15, -0.1) is 0 Å². The minimum absolute atomic E-state index is 0.0806. The third-order valence-electron chi connectivity index (χ3n) is 3.98. The second-order valence-electron chi connectivity index (χ2n) is 5.26. The van der Waals surface area contributed by atoms with Crippen LogP contribution in [0.4, 0.5) is 10.1 Å². The molecule has 114 valence electrons. The van der Waals surface area contributed by atoms with Crippen LogP contribution in [0, 0.1) is 27.8 Å². The summed E-state index contributed by atoms with van der Waals surface area (Å²) in [6.07, 6.45) is 2.84. The zero-order valence-electron chi connectivity index (χ0n) is 11.4. The molecule has 0 aromatic heterocycles. The summed E-state index contributed by atoms with van der Waals surface area (Å²) in [6, 6.07) is 2.87. The first-order valence-corrected chi connectivity index (χ1v) is 6.86. The first-order valence-electron chi connectivity index (χ1n) is 6.86. The fourth-order valence-corrected chi connectivity index (χ4v) is 2.79. The molecule has 1 saturated carbocycles. The first kappa shape index (κ1) is 15.4. The lowest BCUT2D eigenvalue weighted by Gasteiger charge is -2.17. The van der Waals surface area contributed by atoms with Gasteiger partial charge in [0, 0.05) is 13.2 Å². The van der Waals surface area contributed by atoms with Crippen LogP contribution in [-0.2, 0) is 0 Å². The smallest absolute Gasteiger partial charge is 0.285 e.